The molecule has 8 heteroatoms. The summed E-state index contributed by atoms with van der Waals surface area (Å²) in [6.45, 7) is 2.54. The molecule has 1 saturated heterocycles. The van der Waals surface area contributed by atoms with Gasteiger partial charge >= 0.3 is 5.97 Å². The Labute approximate surface area is 109 Å². The molecule has 0 aliphatic carbocycles. The minimum absolute atomic E-state index is 0.169. The van der Waals surface area contributed by atoms with Crippen molar-refractivity contribution in [3.63, 3.8) is 0 Å². The normalized spacial score (nSPS) is 22.4. The number of ether oxygens (including phenoxy) is 1. The lowest BCUT2D eigenvalue weighted by Crippen LogP contribution is -2.36. The zero-order valence-electron chi connectivity index (χ0n) is 10.6. The number of nitrogens with zero attached hydrogens (tertiary/aromatic N) is 3. The molecule has 0 radical (unpaired) electrons. The molecule has 104 valence electrons. The highest BCUT2D eigenvalue weighted by Gasteiger charge is 2.30. The summed E-state index contributed by atoms with van der Waals surface area (Å²) in [6, 6.07) is 0. The van der Waals surface area contributed by atoms with Gasteiger partial charge in [-0.05, 0) is 12.3 Å². The van der Waals surface area contributed by atoms with Gasteiger partial charge in [0.15, 0.2) is 0 Å². The molecule has 2 rings (SSSR count). The van der Waals surface area contributed by atoms with Crippen molar-refractivity contribution in [2.75, 3.05) is 6.61 Å². The van der Waals surface area contributed by atoms with Gasteiger partial charge in [0.1, 0.15) is 18.3 Å². The van der Waals surface area contributed by atoms with Crippen molar-refractivity contribution in [3.05, 3.63) is 11.9 Å². The second kappa shape index (κ2) is 5.79. The Hall–Kier alpha value is -1.96. The summed E-state index contributed by atoms with van der Waals surface area (Å²) >= 11 is 0. The lowest BCUT2D eigenvalue weighted by atomic mass is 10.0. The number of aromatic nitrogens is 3. The van der Waals surface area contributed by atoms with E-state index in [1.54, 1.807) is 0 Å². The largest absolute Gasteiger partial charge is 0.480 e. The molecule has 1 amide bonds. The van der Waals surface area contributed by atoms with Crippen LogP contribution in [0.3, 0.4) is 0 Å². The summed E-state index contributed by atoms with van der Waals surface area (Å²) in [5.41, 5.74) is 0.514. The van der Waals surface area contributed by atoms with Gasteiger partial charge in [-0.2, -0.15) is 0 Å². The van der Waals surface area contributed by atoms with Crippen molar-refractivity contribution in [3.8, 4) is 0 Å². The molecule has 0 bridgehead atoms. The van der Waals surface area contributed by atoms with E-state index in [0.29, 0.717) is 12.3 Å². The summed E-state index contributed by atoms with van der Waals surface area (Å²) in [5, 5.41) is 18.7. The Balaban J connectivity index is 1.83. The molecule has 1 aromatic heterocycles. The molecule has 2 N–H and O–H groups in total. The van der Waals surface area contributed by atoms with Crippen LogP contribution in [0.5, 0.6) is 0 Å². The first-order valence-electron chi connectivity index (χ1n) is 6.06. The van der Waals surface area contributed by atoms with Gasteiger partial charge in [-0.3, -0.25) is 9.59 Å². The van der Waals surface area contributed by atoms with Gasteiger partial charge in [0, 0.05) is 6.61 Å². The third-order valence-corrected chi connectivity index (χ3v) is 2.97. The monoisotopic (exact) mass is 268 g/mol. The number of nitrogens with one attached hydrogen (secondary N) is 1. The van der Waals surface area contributed by atoms with Crippen LogP contribution in [0.1, 0.15) is 19.0 Å². The van der Waals surface area contributed by atoms with E-state index in [-0.39, 0.29) is 24.9 Å². The molecule has 1 aliphatic heterocycles. The average molecular weight is 268 g/mol. The van der Waals surface area contributed by atoms with Crippen molar-refractivity contribution in [1.29, 1.82) is 0 Å². The minimum Gasteiger partial charge on any atom is -0.480 e. The fourth-order valence-electron chi connectivity index (χ4n) is 1.94. The quantitative estimate of drug-likeness (QED) is 0.739. The lowest BCUT2D eigenvalue weighted by Gasteiger charge is -2.13. The van der Waals surface area contributed by atoms with Gasteiger partial charge in [-0.1, -0.05) is 12.1 Å². The number of carbonyl (C=O) groups is 2. The number of carboxylic acid groups (broad SMARTS) is 1. The zero-order chi connectivity index (χ0) is 13.8. The SMILES string of the molecule is CC1CCOC1C(=O)NCc1cn(CC(=O)O)nn1. The summed E-state index contributed by atoms with van der Waals surface area (Å²) in [6.07, 6.45) is 1.97. The highest BCUT2D eigenvalue weighted by molar-refractivity contribution is 5.81. The number of amides is 1. The number of hydrogen-bond acceptors (Lipinski definition) is 5. The van der Waals surface area contributed by atoms with Crippen molar-refractivity contribution < 1.29 is 19.4 Å². The lowest BCUT2D eigenvalue weighted by molar-refractivity contribution is -0.138. The van der Waals surface area contributed by atoms with Crippen LogP contribution in [0.25, 0.3) is 0 Å². The fraction of sp³-hybridized carbons (Fsp3) is 0.636. The standard InChI is InChI=1S/C11H16N4O4/c1-7-2-3-19-10(7)11(18)12-4-8-5-15(14-13-8)6-9(16)17/h5,7,10H,2-4,6H2,1H3,(H,12,18)(H,16,17). The van der Waals surface area contributed by atoms with Gasteiger partial charge in [-0.25, -0.2) is 4.68 Å². The van der Waals surface area contributed by atoms with E-state index in [0.717, 1.165) is 6.42 Å². The number of aliphatic carboxylic acids is 1. The average Bonchev–Trinajstić information content (AvgIpc) is 2.94. The van der Waals surface area contributed by atoms with E-state index in [1.807, 2.05) is 6.92 Å². The van der Waals surface area contributed by atoms with Crippen molar-refractivity contribution >= 4 is 11.9 Å². The summed E-state index contributed by atoms with van der Waals surface area (Å²) in [7, 11) is 0. The number of rotatable bonds is 5. The smallest absolute Gasteiger partial charge is 0.325 e. The number of carbonyl (C=O) groups excluding carboxylic acids is 1. The van der Waals surface area contributed by atoms with Crippen LogP contribution in [0.4, 0.5) is 0 Å². The van der Waals surface area contributed by atoms with Crippen LogP contribution in [-0.2, 0) is 27.4 Å². The first kappa shape index (κ1) is 13.5. The third-order valence-electron chi connectivity index (χ3n) is 2.97. The minimum atomic E-state index is -0.992. The van der Waals surface area contributed by atoms with E-state index in [4.69, 9.17) is 9.84 Å². The highest BCUT2D eigenvalue weighted by atomic mass is 16.5. The fourth-order valence-corrected chi connectivity index (χ4v) is 1.94. The molecule has 0 saturated carbocycles. The maximum atomic E-state index is 11.8. The van der Waals surface area contributed by atoms with Crippen molar-refractivity contribution in [2.24, 2.45) is 5.92 Å². The Morgan fingerprint density at radius 2 is 2.42 bits per heavy atom. The first-order valence-corrected chi connectivity index (χ1v) is 6.06. The van der Waals surface area contributed by atoms with Crippen molar-refractivity contribution in [1.82, 2.24) is 20.3 Å². The second-order valence-corrected chi connectivity index (χ2v) is 4.58. The molecule has 2 heterocycles. The Morgan fingerprint density at radius 1 is 1.63 bits per heavy atom. The maximum Gasteiger partial charge on any atom is 0.325 e. The number of hydrogen-bond donors (Lipinski definition) is 2. The molecular formula is C11H16N4O4. The highest BCUT2D eigenvalue weighted by Crippen LogP contribution is 2.19. The number of carboxylic acids is 1. The molecule has 1 fully saturated rings. The van der Waals surface area contributed by atoms with Crippen LogP contribution in [0, 0.1) is 5.92 Å². The van der Waals surface area contributed by atoms with E-state index in [1.165, 1.54) is 10.9 Å². The summed E-state index contributed by atoms with van der Waals surface area (Å²) in [4.78, 5) is 22.3. The summed E-state index contributed by atoms with van der Waals surface area (Å²) < 4.78 is 6.55. The van der Waals surface area contributed by atoms with Crippen LogP contribution in [0.15, 0.2) is 6.20 Å². The molecule has 2 atom stereocenters. The van der Waals surface area contributed by atoms with Gasteiger partial charge in [0.2, 0.25) is 5.91 Å². The third kappa shape index (κ3) is 3.50. The molecular weight excluding hydrogens is 252 g/mol. The Kier molecular flexibility index (Phi) is 4.10. The van der Waals surface area contributed by atoms with Gasteiger partial charge in [-0.15, -0.1) is 5.10 Å². The second-order valence-electron chi connectivity index (χ2n) is 4.58. The first-order chi connectivity index (χ1) is 9.06. The predicted octanol–water partition coefficient (Wildman–Crippen LogP) is -0.596. The van der Waals surface area contributed by atoms with Gasteiger partial charge < -0.3 is 15.2 Å². The van der Waals surface area contributed by atoms with Crippen LogP contribution >= 0.6 is 0 Å². The Bertz CT molecular complexity index is 473. The molecule has 1 aromatic rings. The van der Waals surface area contributed by atoms with E-state index < -0.39 is 12.1 Å². The van der Waals surface area contributed by atoms with E-state index in [2.05, 4.69) is 15.6 Å². The Morgan fingerprint density at radius 3 is 3.05 bits per heavy atom. The maximum absolute atomic E-state index is 11.8. The van der Waals surface area contributed by atoms with Crippen molar-refractivity contribution in [2.45, 2.75) is 32.5 Å². The summed E-state index contributed by atoms with van der Waals surface area (Å²) in [5.74, 6) is -0.950. The van der Waals surface area contributed by atoms with E-state index in [9.17, 15) is 9.59 Å². The topological polar surface area (TPSA) is 106 Å². The van der Waals surface area contributed by atoms with Gasteiger partial charge in [0.25, 0.3) is 0 Å². The van der Waals surface area contributed by atoms with Gasteiger partial charge in [0.05, 0.1) is 12.7 Å². The molecule has 1 aliphatic rings. The van der Waals surface area contributed by atoms with Crippen LogP contribution in [-0.4, -0.2) is 44.7 Å². The van der Waals surface area contributed by atoms with Crippen LogP contribution < -0.4 is 5.32 Å². The molecule has 0 aromatic carbocycles. The molecule has 19 heavy (non-hydrogen) atoms. The molecule has 8 nitrogen and oxygen atoms in total. The zero-order valence-corrected chi connectivity index (χ0v) is 10.6. The molecule has 2 unspecified atom stereocenters. The van der Waals surface area contributed by atoms with Crippen LogP contribution in [0.2, 0.25) is 0 Å². The van der Waals surface area contributed by atoms with E-state index >= 15 is 0 Å². The predicted molar refractivity (Wildman–Crippen MR) is 63.0 cm³/mol. The molecule has 0 spiro atoms.